The van der Waals surface area contributed by atoms with Crippen molar-refractivity contribution in [2.45, 2.75) is 25.3 Å². The number of benzene rings is 2. The van der Waals surface area contributed by atoms with Crippen molar-refractivity contribution < 1.29 is 9.59 Å². The Bertz CT molecular complexity index is 939. The van der Waals surface area contributed by atoms with Gasteiger partial charge in [0.1, 0.15) is 0 Å². The average Bonchev–Trinajstić information content (AvgIpc) is 3.48. The van der Waals surface area contributed by atoms with Crippen LogP contribution < -0.4 is 10.6 Å². The van der Waals surface area contributed by atoms with Crippen LogP contribution in [0.15, 0.2) is 72.8 Å². The maximum atomic E-state index is 13.0. The maximum Gasteiger partial charge on any atom is 0.262 e. The lowest BCUT2D eigenvalue weighted by Crippen LogP contribution is -2.44. The summed E-state index contributed by atoms with van der Waals surface area (Å²) in [4.78, 5) is 25.6. The molecule has 2 aromatic carbocycles. The van der Waals surface area contributed by atoms with Crippen molar-refractivity contribution in [3.05, 3.63) is 88.8 Å². The third kappa shape index (κ3) is 3.85. The van der Waals surface area contributed by atoms with Gasteiger partial charge in [0.2, 0.25) is 5.91 Å². The fraction of sp³-hybridized carbons (Fsp3) is 0.217. The molecule has 2 N–H and O–H groups in total. The Morgan fingerprint density at radius 3 is 2.00 bits per heavy atom. The fourth-order valence-corrected chi connectivity index (χ4v) is 4.04. The van der Waals surface area contributed by atoms with Gasteiger partial charge in [-0.3, -0.25) is 9.59 Å². The van der Waals surface area contributed by atoms with Crippen LogP contribution in [-0.2, 0) is 10.3 Å². The molecule has 3 aromatic rings. The molecule has 1 aliphatic carbocycles. The van der Waals surface area contributed by atoms with Crippen LogP contribution in [0.5, 0.6) is 0 Å². The smallest absolute Gasteiger partial charge is 0.262 e. The molecule has 1 aromatic heterocycles. The first kappa shape index (κ1) is 18.4. The number of carbonyl (C=O) groups is 2. The van der Waals surface area contributed by atoms with Crippen molar-refractivity contribution >= 4 is 28.2 Å². The molecule has 4 nitrogen and oxygen atoms in total. The van der Waals surface area contributed by atoms with Crippen LogP contribution in [0.4, 0.5) is 5.00 Å². The lowest BCUT2D eigenvalue weighted by Gasteiger charge is -2.32. The molecule has 5 heteroatoms. The number of rotatable bonds is 6. The summed E-state index contributed by atoms with van der Waals surface area (Å²) in [5.41, 5.74) is 1.35. The topological polar surface area (TPSA) is 58.2 Å². The average molecular weight is 391 g/mol. The van der Waals surface area contributed by atoms with Crippen LogP contribution in [0.2, 0.25) is 0 Å². The van der Waals surface area contributed by atoms with E-state index in [1.807, 2.05) is 67.6 Å². The van der Waals surface area contributed by atoms with Gasteiger partial charge in [0.25, 0.3) is 5.91 Å². The first-order valence-electron chi connectivity index (χ1n) is 9.40. The van der Waals surface area contributed by atoms with E-state index < -0.39 is 5.54 Å². The van der Waals surface area contributed by atoms with Gasteiger partial charge in [-0.1, -0.05) is 60.7 Å². The van der Waals surface area contributed by atoms with E-state index >= 15 is 0 Å². The lowest BCUT2D eigenvalue weighted by molar-refractivity contribution is -0.117. The molecular weight excluding hydrogens is 368 g/mol. The molecule has 0 unspecified atom stereocenters. The van der Waals surface area contributed by atoms with Crippen molar-refractivity contribution in [2.75, 3.05) is 5.32 Å². The van der Waals surface area contributed by atoms with Gasteiger partial charge in [-0.2, -0.15) is 0 Å². The molecule has 0 aliphatic heterocycles. The zero-order valence-corrected chi connectivity index (χ0v) is 16.5. The van der Waals surface area contributed by atoms with E-state index in [9.17, 15) is 9.59 Å². The van der Waals surface area contributed by atoms with E-state index in [4.69, 9.17) is 0 Å². The first-order valence-corrected chi connectivity index (χ1v) is 10.2. The molecule has 2 amide bonds. The van der Waals surface area contributed by atoms with Crippen molar-refractivity contribution in [3.8, 4) is 0 Å². The van der Waals surface area contributed by atoms with Crippen molar-refractivity contribution in [1.82, 2.24) is 5.32 Å². The van der Waals surface area contributed by atoms with Gasteiger partial charge in [-0.15, -0.1) is 11.3 Å². The normalized spacial score (nSPS) is 13.8. The van der Waals surface area contributed by atoms with E-state index in [2.05, 4.69) is 10.6 Å². The maximum absolute atomic E-state index is 13.0. The van der Waals surface area contributed by atoms with Gasteiger partial charge >= 0.3 is 0 Å². The molecule has 0 bridgehead atoms. The second kappa shape index (κ2) is 7.60. The molecule has 0 atom stereocenters. The number of thiophene rings is 1. The van der Waals surface area contributed by atoms with Crippen LogP contribution in [-0.4, -0.2) is 11.8 Å². The van der Waals surface area contributed by atoms with E-state index in [0.29, 0.717) is 9.88 Å². The standard InChI is InChI=1S/C23H22N2O2S/c1-23(17-8-4-2-5-9-17,18-10-6-3-7-11-18)25-22(27)19-14-15-20(28-19)24-21(26)16-12-13-16/h2-11,14-16H,12-13H2,1H3,(H,24,26)(H,25,27). The van der Waals surface area contributed by atoms with Crippen LogP contribution in [0.1, 0.15) is 40.6 Å². The SMILES string of the molecule is CC(NC(=O)c1ccc(NC(=O)C2CC2)s1)(c1ccccc1)c1ccccc1. The number of amides is 2. The van der Waals surface area contributed by atoms with Gasteiger partial charge in [0.15, 0.2) is 0 Å². The summed E-state index contributed by atoms with van der Waals surface area (Å²) in [5.74, 6) is 0.0261. The Balaban J connectivity index is 1.58. The van der Waals surface area contributed by atoms with Crippen LogP contribution in [0.3, 0.4) is 0 Å². The van der Waals surface area contributed by atoms with Gasteiger partial charge in [-0.05, 0) is 43.0 Å². The number of nitrogens with one attached hydrogen (secondary N) is 2. The third-order valence-electron chi connectivity index (χ3n) is 5.09. The minimum atomic E-state index is -0.666. The van der Waals surface area contributed by atoms with E-state index in [1.54, 1.807) is 12.1 Å². The largest absolute Gasteiger partial charge is 0.338 e. The number of anilines is 1. The summed E-state index contributed by atoms with van der Waals surface area (Å²) in [6, 6.07) is 23.4. The molecule has 4 rings (SSSR count). The quantitative estimate of drug-likeness (QED) is 0.636. The minimum Gasteiger partial charge on any atom is -0.338 e. The summed E-state index contributed by atoms with van der Waals surface area (Å²) in [6.07, 6.45) is 1.91. The number of hydrogen-bond acceptors (Lipinski definition) is 3. The monoisotopic (exact) mass is 390 g/mol. The Labute approximate surface area is 168 Å². The second-order valence-electron chi connectivity index (χ2n) is 7.24. The molecule has 142 valence electrons. The minimum absolute atomic E-state index is 0.0483. The van der Waals surface area contributed by atoms with E-state index in [1.165, 1.54) is 11.3 Å². The molecule has 0 spiro atoms. The summed E-state index contributed by atoms with van der Waals surface area (Å²) in [5, 5.41) is 6.82. The Morgan fingerprint density at radius 2 is 1.46 bits per heavy atom. The highest BCUT2D eigenvalue weighted by atomic mass is 32.1. The van der Waals surface area contributed by atoms with Crippen LogP contribution in [0.25, 0.3) is 0 Å². The van der Waals surface area contributed by atoms with Crippen molar-refractivity contribution in [2.24, 2.45) is 5.92 Å². The molecule has 0 saturated heterocycles. The summed E-state index contributed by atoms with van der Waals surface area (Å²) >= 11 is 1.30. The summed E-state index contributed by atoms with van der Waals surface area (Å²) in [6.45, 7) is 2.01. The Morgan fingerprint density at radius 1 is 0.893 bits per heavy atom. The van der Waals surface area contributed by atoms with Gasteiger partial charge < -0.3 is 10.6 Å². The zero-order valence-electron chi connectivity index (χ0n) is 15.6. The van der Waals surface area contributed by atoms with E-state index in [-0.39, 0.29) is 17.7 Å². The first-order chi connectivity index (χ1) is 13.6. The van der Waals surface area contributed by atoms with Gasteiger partial charge in [0, 0.05) is 5.92 Å². The van der Waals surface area contributed by atoms with Crippen LogP contribution >= 0.6 is 11.3 Å². The molecular formula is C23H22N2O2S. The highest BCUT2D eigenvalue weighted by Gasteiger charge is 2.32. The van der Waals surface area contributed by atoms with Crippen LogP contribution in [0, 0.1) is 5.92 Å². The van der Waals surface area contributed by atoms with Gasteiger partial charge in [0.05, 0.1) is 15.4 Å². The van der Waals surface area contributed by atoms with Crippen molar-refractivity contribution in [1.29, 1.82) is 0 Å². The predicted octanol–water partition coefficient (Wildman–Crippen LogP) is 4.79. The van der Waals surface area contributed by atoms with E-state index in [0.717, 1.165) is 24.0 Å². The Hall–Kier alpha value is -2.92. The van der Waals surface area contributed by atoms with Crippen molar-refractivity contribution in [3.63, 3.8) is 0 Å². The highest BCUT2D eigenvalue weighted by molar-refractivity contribution is 7.18. The third-order valence-corrected chi connectivity index (χ3v) is 6.09. The molecule has 1 fully saturated rings. The Kier molecular flexibility index (Phi) is 5.01. The lowest BCUT2D eigenvalue weighted by atomic mass is 9.84. The van der Waals surface area contributed by atoms with Gasteiger partial charge in [-0.25, -0.2) is 0 Å². The molecule has 1 heterocycles. The molecule has 1 aliphatic rings. The second-order valence-corrected chi connectivity index (χ2v) is 8.32. The summed E-state index contributed by atoms with van der Waals surface area (Å²) < 4.78 is 0. The number of hydrogen-bond donors (Lipinski definition) is 2. The molecule has 0 radical (unpaired) electrons. The highest BCUT2D eigenvalue weighted by Crippen LogP contribution is 2.33. The fourth-order valence-electron chi connectivity index (χ4n) is 3.24. The molecule has 1 saturated carbocycles. The summed E-state index contributed by atoms with van der Waals surface area (Å²) in [7, 11) is 0. The molecule has 28 heavy (non-hydrogen) atoms. The number of carbonyl (C=O) groups excluding carboxylic acids is 2. The predicted molar refractivity (Wildman–Crippen MR) is 112 cm³/mol. The zero-order chi connectivity index (χ0) is 19.6.